The Bertz CT molecular complexity index is 675. The molecule has 2 rings (SSSR count). The van der Waals surface area contributed by atoms with Gasteiger partial charge in [0, 0.05) is 11.8 Å². The van der Waals surface area contributed by atoms with Gasteiger partial charge in [0.2, 0.25) is 0 Å². The van der Waals surface area contributed by atoms with E-state index in [1.54, 1.807) is 20.0 Å². The first-order valence-electron chi connectivity index (χ1n) is 5.89. The maximum atomic E-state index is 12.1. The SMILES string of the molecule is Cc1cn(Cc2ccccc2)c(=O)c([N+](=O)[O-])c1C. The quantitative estimate of drug-likeness (QED) is 0.627. The van der Waals surface area contributed by atoms with Crippen LogP contribution in [0.25, 0.3) is 0 Å². The van der Waals surface area contributed by atoms with E-state index in [-0.39, 0.29) is 5.69 Å². The third kappa shape index (κ3) is 2.54. The summed E-state index contributed by atoms with van der Waals surface area (Å²) in [6.45, 7) is 3.70. The maximum Gasteiger partial charge on any atom is 0.337 e. The Hall–Kier alpha value is -2.43. The Morgan fingerprint density at radius 1 is 1.21 bits per heavy atom. The molecule has 0 amide bonds. The zero-order valence-electron chi connectivity index (χ0n) is 10.8. The molecule has 1 aromatic carbocycles. The number of rotatable bonds is 3. The molecule has 1 aromatic heterocycles. The molecule has 0 unspecified atom stereocenters. The Morgan fingerprint density at radius 2 is 1.84 bits per heavy atom. The molecule has 0 aliphatic rings. The van der Waals surface area contributed by atoms with Crippen LogP contribution in [0.4, 0.5) is 5.69 Å². The standard InChI is InChI=1S/C14H14N2O3/c1-10-8-15(9-12-6-4-3-5-7-12)14(17)13(11(10)2)16(18)19/h3-8H,9H2,1-2H3. The second-order valence-corrected chi connectivity index (χ2v) is 4.46. The van der Waals surface area contributed by atoms with E-state index in [0.717, 1.165) is 11.1 Å². The lowest BCUT2D eigenvalue weighted by Gasteiger charge is -2.09. The van der Waals surface area contributed by atoms with Crippen molar-refractivity contribution < 1.29 is 4.92 Å². The summed E-state index contributed by atoms with van der Waals surface area (Å²) < 4.78 is 1.38. The number of benzene rings is 1. The van der Waals surface area contributed by atoms with Gasteiger partial charge in [-0.25, -0.2) is 0 Å². The largest absolute Gasteiger partial charge is 0.337 e. The van der Waals surface area contributed by atoms with Gasteiger partial charge in [0.05, 0.1) is 11.5 Å². The smallest absolute Gasteiger partial charge is 0.305 e. The predicted octanol–water partition coefficient (Wildman–Crippen LogP) is 2.42. The fourth-order valence-electron chi connectivity index (χ4n) is 1.98. The molecule has 0 radical (unpaired) electrons. The number of pyridine rings is 1. The van der Waals surface area contributed by atoms with Gasteiger partial charge >= 0.3 is 11.2 Å². The number of hydrogen-bond donors (Lipinski definition) is 0. The van der Waals surface area contributed by atoms with Crippen molar-refractivity contribution in [1.82, 2.24) is 4.57 Å². The number of aromatic nitrogens is 1. The molecule has 0 N–H and O–H groups in total. The first-order chi connectivity index (χ1) is 9.00. The van der Waals surface area contributed by atoms with Gasteiger partial charge in [-0.1, -0.05) is 30.3 Å². The number of hydrogen-bond acceptors (Lipinski definition) is 3. The molecule has 0 aliphatic carbocycles. The van der Waals surface area contributed by atoms with Crippen LogP contribution in [-0.2, 0) is 6.54 Å². The summed E-state index contributed by atoms with van der Waals surface area (Å²) in [5.74, 6) is 0. The highest BCUT2D eigenvalue weighted by molar-refractivity contribution is 5.41. The number of nitro groups is 1. The maximum absolute atomic E-state index is 12.1. The summed E-state index contributed by atoms with van der Waals surface area (Å²) in [7, 11) is 0. The van der Waals surface area contributed by atoms with Crippen molar-refractivity contribution in [2.45, 2.75) is 20.4 Å². The second kappa shape index (κ2) is 5.06. The minimum atomic E-state index is -0.605. The number of aryl methyl sites for hydroxylation is 1. The van der Waals surface area contributed by atoms with Crippen LogP contribution < -0.4 is 5.56 Å². The summed E-state index contributed by atoms with van der Waals surface area (Å²) >= 11 is 0. The zero-order valence-corrected chi connectivity index (χ0v) is 10.8. The van der Waals surface area contributed by atoms with Crippen molar-refractivity contribution in [2.24, 2.45) is 0 Å². The van der Waals surface area contributed by atoms with Gasteiger partial charge in [0.25, 0.3) is 0 Å². The third-order valence-corrected chi connectivity index (χ3v) is 3.14. The number of nitrogens with zero attached hydrogens (tertiary/aromatic N) is 2. The lowest BCUT2D eigenvalue weighted by molar-refractivity contribution is -0.387. The molecule has 5 nitrogen and oxygen atoms in total. The monoisotopic (exact) mass is 258 g/mol. The van der Waals surface area contributed by atoms with Crippen LogP contribution in [0.1, 0.15) is 16.7 Å². The van der Waals surface area contributed by atoms with E-state index in [1.807, 2.05) is 30.3 Å². The van der Waals surface area contributed by atoms with Gasteiger partial charge in [-0.3, -0.25) is 14.9 Å². The van der Waals surface area contributed by atoms with E-state index in [2.05, 4.69) is 0 Å². The highest BCUT2D eigenvalue weighted by Crippen LogP contribution is 2.16. The van der Waals surface area contributed by atoms with E-state index in [4.69, 9.17) is 0 Å². The molecule has 0 bridgehead atoms. The molecular formula is C14H14N2O3. The molecular weight excluding hydrogens is 244 g/mol. The van der Waals surface area contributed by atoms with E-state index in [0.29, 0.717) is 12.1 Å². The van der Waals surface area contributed by atoms with Crippen molar-refractivity contribution in [3.63, 3.8) is 0 Å². The molecule has 0 fully saturated rings. The highest BCUT2D eigenvalue weighted by Gasteiger charge is 2.20. The van der Waals surface area contributed by atoms with Crippen LogP contribution in [0.15, 0.2) is 41.3 Å². The minimum absolute atomic E-state index is 0.335. The average molecular weight is 258 g/mol. The molecule has 0 atom stereocenters. The fourth-order valence-corrected chi connectivity index (χ4v) is 1.98. The van der Waals surface area contributed by atoms with Gasteiger partial charge in [-0.2, -0.15) is 0 Å². The van der Waals surface area contributed by atoms with E-state index in [9.17, 15) is 14.9 Å². The second-order valence-electron chi connectivity index (χ2n) is 4.46. The molecule has 5 heteroatoms. The van der Waals surface area contributed by atoms with Crippen LogP contribution in [0, 0.1) is 24.0 Å². The van der Waals surface area contributed by atoms with Crippen molar-refractivity contribution >= 4 is 5.69 Å². The summed E-state index contributed by atoms with van der Waals surface area (Å²) in [5.41, 5.74) is 1.21. The summed E-state index contributed by atoms with van der Waals surface area (Å²) in [6.07, 6.45) is 1.66. The van der Waals surface area contributed by atoms with Gasteiger partial charge in [0.15, 0.2) is 0 Å². The molecule has 19 heavy (non-hydrogen) atoms. The van der Waals surface area contributed by atoms with Crippen molar-refractivity contribution in [2.75, 3.05) is 0 Å². The lowest BCUT2D eigenvalue weighted by atomic mass is 10.1. The first-order valence-corrected chi connectivity index (χ1v) is 5.89. The van der Waals surface area contributed by atoms with Crippen LogP contribution in [0.2, 0.25) is 0 Å². The van der Waals surface area contributed by atoms with Crippen molar-refractivity contribution in [1.29, 1.82) is 0 Å². The van der Waals surface area contributed by atoms with Crippen molar-refractivity contribution in [3.05, 3.63) is 73.7 Å². The summed E-state index contributed by atoms with van der Waals surface area (Å²) in [4.78, 5) is 22.5. The average Bonchev–Trinajstić information content (AvgIpc) is 2.37. The van der Waals surface area contributed by atoms with Gasteiger partial charge in [-0.15, -0.1) is 0 Å². The normalized spacial score (nSPS) is 10.4. The molecule has 0 saturated carbocycles. The minimum Gasteiger partial charge on any atom is -0.305 e. The van der Waals surface area contributed by atoms with Crippen molar-refractivity contribution in [3.8, 4) is 0 Å². The van der Waals surface area contributed by atoms with E-state index >= 15 is 0 Å². The lowest BCUT2D eigenvalue weighted by Crippen LogP contribution is -2.24. The van der Waals surface area contributed by atoms with Gasteiger partial charge < -0.3 is 4.57 Å². The Labute approximate surface area is 110 Å². The zero-order chi connectivity index (χ0) is 14.0. The summed E-state index contributed by atoms with van der Waals surface area (Å²) in [6, 6.07) is 9.39. The van der Waals surface area contributed by atoms with Crippen LogP contribution >= 0.6 is 0 Å². The molecule has 0 aliphatic heterocycles. The first kappa shape index (κ1) is 13.0. The molecule has 1 heterocycles. The molecule has 0 spiro atoms. The van der Waals surface area contributed by atoms with Crippen LogP contribution in [0.3, 0.4) is 0 Å². The molecule has 0 saturated heterocycles. The Morgan fingerprint density at radius 3 is 2.42 bits per heavy atom. The Balaban J connectivity index is 2.54. The summed E-state index contributed by atoms with van der Waals surface area (Å²) in [5, 5.41) is 11.0. The van der Waals surface area contributed by atoms with E-state index < -0.39 is 10.5 Å². The van der Waals surface area contributed by atoms with Crippen LogP contribution in [0.5, 0.6) is 0 Å². The van der Waals surface area contributed by atoms with Crippen LogP contribution in [-0.4, -0.2) is 9.49 Å². The molecule has 2 aromatic rings. The highest BCUT2D eigenvalue weighted by atomic mass is 16.6. The topological polar surface area (TPSA) is 65.1 Å². The fraction of sp³-hybridized carbons (Fsp3) is 0.214. The third-order valence-electron chi connectivity index (χ3n) is 3.14. The van der Waals surface area contributed by atoms with Gasteiger partial charge in [0.1, 0.15) is 0 Å². The molecule has 98 valence electrons. The van der Waals surface area contributed by atoms with E-state index in [1.165, 1.54) is 4.57 Å². The Kier molecular flexibility index (Phi) is 3.46. The predicted molar refractivity (Wildman–Crippen MR) is 72.4 cm³/mol. The van der Waals surface area contributed by atoms with Gasteiger partial charge in [-0.05, 0) is 25.0 Å².